The van der Waals surface area contributed by atoms with Gasteiger partial charge in [0.25, 0.3) is 0 Å². The predicted octanol–water partition coefficient (Wildman–Crippen LogP) is 1.41. The van der Waals surface area contributed by atoms with Crippen molar-refractivity contribution in [3.05, 3.63) is 24.5 Å². The predicted molar refractivity (Wildman–Crippen MR) is 66.7 cm³/mol. The minimum absolute atomic E-state index is 0.194. The largest absolute Gasteiger partial charge is 0.340 e. The van der Waals surface area contributed by atoms with E-state index in [-0.39, 0.29) is 12.0 Å². The van der Waals surface area contributed by atoms with Gasteiger partial charge in [0.1, 0.15) is 0 Å². The molecule has 96 valence electrons. The van der Waals surface area contributed by atoms with E-state index < -0.39 is 0 Å². The molecule has 0 radical (unpaired) electrons. The summed E-state index contributed by atoms with van der Waals surface area (Å²) in [5.41, 5.74) is 0. The molecule has 1 aliphatic heterocycles. The summed E-state index contributed by atoms with van der Waals surface area (Å²) in [6, 6.07) is 0.253. The van der Waals surface area contributed by atoms with Crippen LogP contribution in [0.1, 0.15) is 31.7 Å². The van der Waals surface area contributed by atoms with E-state index in [9.17, 15) is 4.79 Å². The van der Waals surface area contributed by atoms with E-state index in [0.29, 0.717) is 5.91 Å². The van der Waals surface area contributed by atoms with E-state index in [2.05, 4.69) is 22.3 Å². The molecule has 5 heteroatoms. The Morgan fingerprint density at radius 3 is 2.72 bits per heavy atom. The lowest BCUT2D eigenvalue weighted by Gasteiger charge is -2.24. The Hall–Kier alpha value is -1.65. The fraction of sp³-hybridized carbons (Fsp3) is 0.615. The monoisotopic (exact) mass is 246 g/mol. The van der Waals surface area contributed by atoms with Crippen LogP contribution in [0.4, 0.5) is 0 Å². The van der Waals surface area contributed by atoms with Crippen molar-refractivity contribution in [2.24, 2.45) is 5.92 Å². The molecule has 2 atom stereocenters. The number of amides is 1. The third kappa shape index (κ3) is 2.17. The van der Waals surface area contributed by atoms with Gasteiger partial charge in [0, 0.05) is 19.0 Å². The smallest absolute Gasteiger partial charge is 0.226 e. The van der Waals surface area contributed by atoms with Gasteiger partial charge < -0.3 is 4.90 Å². The Bertz CT molecular complexity index is 440. The molecule has 1 aromatic rings. The number of hydrogen-bond donors (Lipinski definition) is 0. The minimum Gasteiger partial charge on any atom is -0.340 e. The van der Waals surface area contributed by atoms with E-state index in [1.807, 2.05) is 4.90 Å². The molecule has 0 N–H and O–H groups in total. The fourth-order valence-corrected chi connectivity index (χ4v) is 2.82. The molecular weight excluding hydrogens is 228 g/mol. The second-order valence-electron chi connectivity index (χ2n) is 5.06. The van der Waals surface area contributed by atoms with Gasteiger partial charge in [-0.25, -0.2) is 0 Å². The Balaban J connectivity index is 1.61. The Labute approximate surface area is 106 Å². The summed E-state index contributed by atoms with van der Waals surface area (Å²) in [5.74, 6) is 0.508. The molecule has 18 heavy (non-hydrogen) atoms. The number of hydrogen-bond acceptors (Lipinski definition) is 3. The van der Waals surface area contributed by atoms with Crippen LogP contribution in [-0.2, 0) is 4.79 Å². The van der Waals surface area contributed by atoms with Crippen molar-refractivity contribution in [2.75, 3.05) is 13.1 Å². The van der Waals surface area contributed by atoms with Gasteiger partial charge >= 0.3 is 0 Å². The van der Waals surface area contributed by atoms with Crippen LogP contribution < -0.4 is 0 Å². The van der Waals surface area contributed by atoms with Gasteiger partial charge in [0.2, 0.25) is 5.91 Å². The second-order valence-corrected chi connectivity index (χ2v) is 5.06. The average molecular weight is 246 g/mol. The topological polar surface area (TPSA) is 51.0 Å². The maximum absolute atomic E-state index is 12.4. The number of carbonyl (C=O) groups excluding carboxylic acids is 1. The highest BCUT2D eigenvalue weighted by Crippen LogP contribution is 2.26. The van der Waals surface area contributed by atoms with Gasteiger partial charge in [-0.1, -0.05) is 12.2 Å². The summed E-state index contributed by atoms with van der Waals surface area (Å²) < 4.78 is 0. The standard InChI is InChI=1S/C13H18N4O/c18-13(11-4-2-1-3-5-11)16-9-6-12(10-16)17-14-7-8-15-17/h1-2,7-8,11-12H,3-6,9-10H2/t11-,12+/m0/s1. The van der Waals surface area contributed by atoms with E-state index in [1.54, 1.807) is 17.2 Å². The minimum atomic E-state index is 0.194. The number of nitrogens with zero attached hydrogens (tertiary/aromatic N) is 4. The molecule has 1 aromatic heterocycles. The fourth-order valence-electron chi connectivity index (χ4n) is 2.82. The quantitative estimate of drug-likeness (QED) is 0.741. The van der Waals surface area contributed by atoms with Crippen LogP contribution >= 0.6 is 0 Å². The highest BCUT2D eigenvalue weighted by molar-refractivity contribution is 5.79. The van der Waals surface area contributed by atoms with Crippen LogP contribution in [0.5, 0.6) is 0 Å². The lowest BCUT2D eigenvalue weighted by atomic mass is 9.93. The first kappa shape index (κ1) is 11.4. The zero-order valence-electron chi connectivity index (χ0n) is 10.4. The van der Waals surface area contributed by atoms with E-state index in [0.717, 1.165) is 38.8 Å². The van der Waals surface area contributed by atoms with E-state index >= 15 is 0 Å². The first-order valence-corrected chi connectivity index (χ1v) is 6.64. The highest BCUT2D eigenvalue weighted by Gasteiger charge is 2.32. The van der Waals surface area contributed by atoms with Crippen molar-refractivity contribution < 1.29 is 4.79 Å². The zero-order chi connectivity index (χ0) is 12.4. The Kier molecular flexibility index (Phi) is 3.13. The maximum atomic E-state index is 12.4. The van der Waals surface area contributed by atoms with Crippen molar-refractivity contribution in [1.82, 2.24) is 19.9 Å². The van der Waals surface area contributed by atoms with E-state index in [4.69, 9.17) is 0 Å². The number of likely N-dealkylation sites (tertiary alicyclic amines) is 1. The number of allylic oxidation sites excluding steroid dienone is 2. The van der Waals surface area contributed by atoms with Crippen molar-refractivity contribution in [2.45, 2.75) is 31.7 Å². The highest BCUT2D eigenvalue weighted by atomic mass is 16.2. The van der Waals surface area contributed by atoms with Gasteiger partial charge in [0.05, 0.1) is 18.4 Å². The molecule has 2 heterocycles. The van der Waals surface area contributed by atoms with E-state index in [1.165, 1.54) is 0 Å². The van der Waals surface area contributed by atoms with Crippen LogP contribution in [-0.4, -0.2) is 38.9 Å². The van der Waals surface area contributed by atoms with Crippen molar-refractivity contribution >= 4 is 5.91 Å². The summed E-state index contributed by atoms with van der Waals surface area (Å²) in [4.78, 5) is 16.1. The Morgan fingerprint density at radius 1 is 1.17 bits per heavy atom. The summed E-state index contributed by atoms with van der Waals surface area (Å²) in [6.07, 6.45) is 11.6. The molecule has 1 amide bonds. The molecule has 0 saturated carbocycles. The summed E-state index contributed by atoms with van der Waals surface area (Å²) >= 11 is 0. The SMILES string of the molecule is O=C([C@H]1CC=CCC1)N1CC[C@@H](n2nccn2)C1. The number of rotatable bonds is 2. The lowest BCUT2D eigenvalue weighted by molar-refractivity contribution is -0.134. The second kappa shape index (κ2) is 4.92. The van der Waals surface area contributed by atoms with Crippen molar-refractivity contribution in [3.63, 3.8) is 0 Å². The molecule has 1 fully saturated rings. The zero-order valence-corrected chi connectivity index (χ0v) is 10.4. The van der Waals surface area contributed by atoms with Crippen LogP contribution in [0.25, 0.3) is 0 Å². The van der Waals surface area contributed by atoms with Gasteiger partial charge in [-0.2, -0.15) is 15.0 Å². The molecule has 2 aliphatic rings. The van der Waals surface area contributed by atoms with Gasteiger partial charge in [-0.05, 0) is 25.7 Å². The number of carbonyl (C=O) groups is 1. The van der Waals surface area contributed by atoms with Gasteiger partial charge in [0.15, 0.2) is 0 Å². The summed E-state index contributed by atoms with van der Waals surface area (Å²) in [5, 5.41) is 8.32. The van der Waals surface area contributed by atoms with Crippen LogP contribution in [0.3, 0.4) is 0 Å². The molecule has 5 nitrogen and oxygen atoms in total. The molecule has 3 rings (SSSR count). The molecule has 1 aliphatic carbocycles. The molecule has 0 spiro atoms. The first-order chi connectivity index (χ1) is 8.84. The van der Waals surface area contributed by atoms with Crippen molar-refractivity contribution in [3.8, 4) is 0 Å². The molecular formula is C13H18N4O. The third-order valence-electron chi connectivity index (χ3n) is 3.86. The molecule has 0 bridgehead atoms. The molecule has 1 saturated heterocycles. The van der Waals surface area contributed by atoms with Crippen LogP contribution in [0.2, 0.25) is 0 Å². The molecule has 0 unspecified atom stereocenters. The average Bonchev–Trinajstić information content (AvgIpc) is 3.09. The van der Waals surface area contributed by atoms with Gasteiger partial charge in [-0.15, -0.1) is 0 Å². The first-order valence-electron chi connectivity index (χ1n) is 6.64. The lowest BCUT2D eigenvalue weighted by Crippen LogP contribution is -2.35. The maximum Gasteiger partial charge on any atom is 0.226 e. The van der Waals surface area contributed by atoms with Crippen molar-refractivity contribution in [1.29, 1.82) is 0 Å². The van der Waals surface area contributed by atoms with Crippen LogP contribution in [0.15, 0.2) is 24.5 Å². The Morgan fingerprint density at radius 2 is 2.00 bits per heavy atom. The summed E-state index contributed by atoms with van der Waals surface area (Å²) in [7, 11) is 0. The molecule has 0 aromatic carbocycles. The van der Waals surface area contributed by atoms with Crippen LogP contribution in [0, 0.1) is 5.92 Å². The normalized spacial score (nSPS) is 27.7. The summed E-state index contributed by atoms with van der Waals surface area (Å²) in [6.45, 7) is 1.60. The van der Waals surface area contributed by atoms with Gasteiger partial charge in [-0.3, -0.25) is 4.79 Å². The number of aromatic nitrogens is 3. The third-order valence-corrected chi connectivity index (χ3v) is 3.86.